The van der Waals surface area contributed by atoms with Crippen molar-refractivity contribution in [3.05, 3.63) is 65.7 Å². The van der Waals surface area contributed by atoms with Crippen molar-refractivity contribution < 1.29 is 14.7 Å². The molecule has 0 aliphatic carbocycles. The van der Waals surface area contributed by atoms with Gasteiger partial charge in [-0.25, -0.2) is 5.43 Å². The number of carbonyl (C=O) groups is 2. The van der Waals surface area contributed by atoms with E-state index in [-0.39, 0.29) is 18.1 Å². The van der Waals surface area contributed by atoms with Crippen LogP contribution in [-0.2, 0) is 16.0 Å². The quantitative estimate of drug-likeness (QED) is 0.410. The second kappa shape index (κ2) is 9.09. The van der Waals surface area contributed by atoms with Crippen molar-refractivity contribution >= 4 is 18.0 Å². The summed E-state index contributed by atoms with van der Waals surface area (Å²) in [4.78, 5) is 23.3. The van der Waals surface area contributed by atoms with Crippen molar-refractivity contribution in [2.45, 2.75) is 12.8 Å². The van der Waals surface area contributed by atoms with Crippen molar-refractivity contribution in [1.29, 1.82) is 0 Å². The van der Waals surface area contributed by atoms with Gasteiger partial charge in [0.1, 0.15) is 12.2 Å². The first-order valence-electron chi connectivity index (χ1n) is 7.55. The van der Waals surface area contributed by atoms with Crippen molar-refractivity contribution in [2.75, 3.05) is 6.54 Å². The monoisotopic (exact) mass is 325 g/mol. The predicted octanol–water partition coefficient (Wildman–Crippen LogP) is 1.59. The number of phenols is 1. The van der Waals surface area contributed by atoms with Crippen LogP contribution in [0.15, 0.2) is 59.7 Å². The summed E-state index contributed by atoms with van der Waals surface area (Å²) in [6.45, 7) is 0.479. The van der Waals surface area contributed by atoms with E-state index in [0.29, 0.717) is 13.0 Å². The molecule has 2 rings (SSSR count). The van der Waals surface area contributed by atoms with E-state index < -0.39 is 5.91 Å². The number of aromatic hydroxyl groups is 1. The van der Waals surface area contributed by atoms with Crippen molar-refractivity contribution in [1.82, 2.24) is 10.7 Å². The Kier molecular flexibility index (Phi) is 6.52. The fourth-order valence-corrected chi connectivity index (χ4v) is 1.98. The van der Waals surface area contributed by atoms with Crippen LogP contribution in [0.3, 0.4) is 0 Å². The van der Waals surface area contributed by atoms with Crippen LogP contribution in [0.25, 0.3) is 0 Å². The summed E-state index contributed by atoms with van der Waals surface area (Å²) in [5.74, 6) is -0.672. The summed E-state index contributed by atoms with van der Waals surface area (Å²) in [5.41, 5.74) is 4.14. The normalized spacial score (nSPS) is 10.5. The highest BCUT2D eigenvalue weighted by atomic mass is 16.3. The van der Waals surface area contributed by atoms with Gasteiger partial charge in [-0.05, 0) is 41.8 Å². The van der Waals surface area contributed by atoms with Gasteiger partial charge in [-0.3, -0.25) is 9.59 Å². The number of hydrazone groups is 1. The Bertz CT molecular complexity index is 697. The molecule has 2 amide bonds. The van der Waals surface area contributed by atoms with Crippen molar-refractivity contribution in [3.8, 4) is 5.75 Å². The van der Waals surface area contributed by atoms with E-state index in [9.17, 15) is 9.59 Å². The summed E-state index contributed by atoms with van der Waals surface area (Å²) >= 11 is 0. The number of benzene rings is 2. The molecule has 0 fully saturated rings. The molecule has 2 aromatic carbocycles. The van der Waals surface area contributed by atoms with Gasteiger partial charge in [0, 0.05) is 6.54 Å². The largest absolute Gasteiger partial charge is 0.508 e. The molecule has 3 N–H and O–H groups in total. The maximum Gasteiger partial charge on any atom is 0.249 e. The number of phenolic OH excluding ortho intramolecular Hbond substituents is 1. The standard InChI is InChI=1S/C18H19N3O3/c22-16-8-6-15(7-9-16)13-20-21-18(24)12-17(23)19-11-10-14-4-2-1-3-5-14/h1-9,13,22H,10-12H2,(H,19,23)(H,21,24)/b20-13+. The van der Waals surface area contributed by atoms with E-state index in [1.54, 1.807) is 12.1 Å². The van der Waals surface area contributed by atoms with Crippen LogP contribution in [0.4, 0.5) is 0 Å². The Morgan fingerprint density at radius 1 is 1.00 bits per heavy atom. The van der Waals surface area contributed by atoms with Gasteiger partial charge in [0.2, 0.25) is 11.8 Å². The molecule has 0 spiro atoms. The number of hydrogen-bond donors (Lipinski definition) is 3. The van der Waals surface area contributed by atoms with Gasteiger partial charge >= 0.3 is 0 Å². The van der Waals surface area contributed by atoms with Gasteiger partial charge in [-0.2, -0.15) is 5.10 Å². The molecule has 6 nitrogen and oxygen atoms in total. The number of rotatable bonds is 7. The van der Waals surface area contributed by atoms with Crippen LogP contribution >= 0.6 is 0 Å². The summed E-state index contributed by atoms with van der Waals surface area (Å²) in [7, 11) is 0. The SMILES string of the molecule is O=C(CC(=O)N/N=C/c1ccc(O)cc1)NCCc1ccccc1. The van der Waals surface area contributed by atoms with Crippen LogP contribution in [0.1, 0.15) is 17.5 Å². The van der Waals surface area contributed by atoms with Gasteiger partial charge in [-0.1, -0.05) is 30.3 Å². The Morgan fingerprint density at radius 2 is 1.71 bits per heavy atom. The summed E-state index contributed by atoms with van der Waals surface area (Å²) in [5, 5.41) is 15.6. The first-order valence-corrected chi connectivity index (χ1v) is 7.55. The van der Waals surface area contributed by atoms with Gasteiger partial charge in [0.25, 0.3) is 0 Å². The van der Waals surface area contributed by atoms with Gasteiger partial charge in [0.15, 0.2) is 0 Å². The van der Waals surface area contributed by atoms with Gasteiger partial charge in [0.05, 0.1) is 6.21 Å². The number of nitrogens with zero attached hydrogens (tertiary/aromatic N) is 1. The minimum atomic E-state index is -0.484. The minimum absolute atomic E-state index is 0.156. The summed E-state index contributed by atoms with van der Waals surface area (Å²) in [6.07, 6.45) is 1.87. The lowest BCUT2D eigenvalue weighted by molar-refractivity contribution is -0.129. The molecule has 0 unspecified atom stereocenters. The molecule has 2 aromatic rings. The zero-order chi connectivity index (χ0) is 17.2. The molecule has 0 radical (unpaired) electrons. The Balaban J connectivity index is 1.66. The van der Waals surface area contributed by atoms with Crippen LogP contribution in [0.5, 0.6) is 5.75 Å². The van der Waals surface area contributed by atoms with E-state index in [1.165, 1.54) is 18.3 Å². The second-order valence-electron chi connectivity index (χ2n) is 5.15. The molecular formula is C18H19N3O3. The third-order valence-corrected chi connectivity index (χ3v) is 3.20. The zero-order valence-electron chi connectivity index (χ0n) is 13.1. The molecule has 0 aromatic heterocycles. The lowest BCUT2D eigenvalue weighted by Crippen LogP contribution is -2.31. The third kappa shape index (κ3) is 6.31. The van der Waals surface area contributed by atoms with Gasteiger partial charge < -0.3 is 10.4 Å². The number of nitrogens with one attached hydrogen (secondary N) is 2. The Morgan fingerprint density at radius 3 is 2.42 bits per heavy atom. The molecular weight excluding hydrogens is 306 g/mol. The fraction of sp³-hybridized carbons (Fsp3) is 0.167. The highest BCUT2D eigenvalue weighted by Crippen LogP contribution is 2.07. The molecule has 124 valence electrons. The van der Waals surface area contributed by atoms with Crippen molar-refractivity contribution in [3.63, 3.8) is 0 Å². The van der Waals surface area contributed by atoms with Crippen molar-refractivity contribution in [2.24, 2.45) is 5.10 Å². The van der Waals surface area contributed by atoms with E-state index >= 15 is 0 Å². The van der Waals surface area contributed by atoms with E-state index in [0.717, 1.165) is 11.1 Å². The molecule has 0 bridgehead atoms. The van der Waals surface area contributed by atoms with E-state index in [4.69, 9.17) is 5.11 Å². The lowest BCUT2D eigenvalue weighted by atomic mass is 10.1. The maximum atomic E-state index is 11.7. The Labute approximate surface area is 140 Å². The molecule has 0 aliphatic rings. The fourth-order valence-electron chi connectivity index (χ4n) is 1.98. The molecule has 0 atom stereocenters. The number of amides is 2. The average molecular weight is 325 g/mol. The first kappa shape index (κ1) is 17.2. The van der Waals surface area contributed by atoms with Gasteiger partial charge in [-0.15, -0.1) is 0 Å². The summed E-state index contributed by atoms with van der Waals surface area (Å²) < 4.78 is 0. The molecule has 6 heteroatoms. The molecule has 0 heterocycles. The van der Waals surface area contributed by atoms with Crippen LogP contribution in [0, 0.1) is 0 Å². The smallest absolute Gasteiger partial charge is 0.249 e. The number of carbonyl (C=O) groups excluding carboxylic acids is 2. The highest BCUT2D eigenvalue weighted by molar-refractivity contribution is 5.97. The highest BCUT2D eigenvalue weighted by Gasteiger charge is 2.07. The van der Waals surface area contributed by atoms with Crippen LogP contribution < -0.4 is 10.7 Å². The predicted molar refractivity (Wildman–Crippen MR) is 91.6 cm³/mol. The van der Waals surface area contributed by atoms with E-state index in [1.807, 2.05) is 30.3 Å². The summed E-state index contributed by atoms with van der Waals surface area (Å²) in [6, 6.07) is 16.1. The first-order chi connectivity index (χ1) is 11.6. The maximum absolute atomic E-state index is 11.7. The number of hydrogen-bond acceptors (Lipinski definition) is 4. The topological polar surface area (TPSA) is 90.8 Å². The minimum Gasteiger partial charge on any atom is -0.508 e. The third-order valence-electron chi connectivity index (χ3n) is 3.20. The van der Waals surface area contributed by atoms with Crippen LogP contribution in [0.2, 0.25) is 0 Å². The molecule has 24 heavy (non-hydrogen) atoms. The second-order valence-corrected chi connectivity index (χ2v) is 5.15. The Hall–Kier alpha value is -3.15. The van der Waals surface area contributed by atoms with Crippen LogP contribution in [-0.4, -0.2) is 29.7 Å². The molecule has 0 saturated heterocycles. The lowest BCUT2D eigenvalue weighted by Gasteiger charge is -2.04. The zero-order valence-corrected chi connectivity index (χ0v) is 13.1. The molecule has 0 saturated carbocycles. The molecule has 0 aliphatic heterocycles. The average Bonchev–Trinajstić information content (AvgIpc) is 2.57. The van der Waals surface area contributed by atoms with E-state index in [2.05, 4.69) is 15.8 Å².